The van der Waals surface area contributed by atoms with E-state index in [2.05, 4.69) is 25.2 Å². The molecule has 0 spiro atoms. The van der Waals surface area contributed by atoms with Gasteiger partial charge in [-0.05, 0) is 76.0 Å². The first-order valence-corrected chi connectivity index (χ1v) is 8.67. The highest BCUT2D eigenvalue weighted by Gasteiger charge is 2.12. The highest BCUT2D eigenvalue weighted by molar-refractivity contribution is 5.04. The summed E-state index contributed by atoms with van der Waals surface area (Å²) in [5.74, 6) is 1.93. The lowest BCUT2D eigenvalue weighted by Gasteiger charge is -2.20. The summed E-state index contributed by atoms with van der Waals surface area (Å²) < 4.78 is 0. The Morgan fingerprint density at radius 1 is 1.16 bits per heavy atom. The minimum Gasteiger partial charge on any atom is -0.0885 e. The van der Waals surface area contributed by atoms with Crippen molar-refractivity contribution in [2.75, 3.05) is 0 Å². The third-order valence-electron chi connectivity index (χ3n) is 5.03. The van der Waals surface area contributed by atoms with Crippen molar-refractivity contribution in [3.8, 4) is 0 Å². The van der Waals surface area contributed by atoms with Crippen molar-refractivity contribution in [2.24, 2.45) is 11.8 Å². The molecule has 0 aliphatic heterocycles. The van der Waals surface area contributed by atoms with Crippen LogP contribution in [0.3, 0.4) is 0 Å². The standard InChI is InChI=1S/C19H32/c1-17(15-16-19-12-6-3-7-13-19)9-8-14-18-10-4-2-5-11-18/h3,6,10,17,19H,2,4-5,7-9,11-16H2,1H3. The first kappa shape index (κ1) is 14.9. The van der Waals surface area contributed by atoms with Crippen molar-refractivity contribution in [3.05, 3.63) is 23.8 Å². The molecular formula is C19H32. The topological polar surface area (TPSA) is 0 Å². The fourth-order valence-corrected chi connectivity index (χ4v) is 3.59. The van der Waals surface area contributed by atoms with Crippen LogP contribution in [0.25, 0.3) is 0 Å². The summed E-state index contributed by atoms with van der Waals surface area (Å²) in [7, 11) is 0. The van der Waals surface area contributed by atoms with Gasteiger partial charge in [0.2, 0.25) is 0 Å². The molecule has 0 heterocycles. The van der Waals surface area contributed by atoms with Crippen LogP contribution in [-0.2, 0) is 0 Å². The third-order valence-corrected chi connectivity index (χ3v) is 5.03. The van der Waals surface area contributed by atoms with Gasteiger partial charge in [0.25, 0.3) is 0 Å². The molecule has 0 aromatic carbocycles. The minimum atomic E-state index is 0.940. The largest absolute Gasteiger partial charge is 0.0885 e. The molecule has 0 saturated carbocycles. The Bertz CT molecular complexity index is 297. The van der Waals surface area contributed by atoms with Crippen LogP contribution in [-0.4, -0.2) is 0 Å². The van der Waals surface area contributed by atoms with Gasteiger partial charge in [-0.15, -0.1) is 0 Å². The molecule has 0 radical (unpaired) electrons. The summed E-state index contributed by atoms with van der Waals surface area (Å²) in [6.07, 6.45) is 24.2. The van der Waals surface area contributed by atoms with Crippen LogP contribution in [0, 0.1) is 11.8 Å². The Kier molecular flexibility index (Phi) is 6.74. The van der Waals surface area contributed by atoms with E-state index in [1.165, 1.54) is 77.0 Å². The quantitative estimate of drug-likeness (QED) is 0.463. The van der Waals surface area contributed by atoms with Gasteiger partial charge in [0, 0.05) is 0 Å². The summed E-state index contributed by atoms with van der Waals surface area (Å²) >= 11 is 0. The Hall–Kier alpha value is -0.520. The Labute approximate surface area is 120 Å². The molecule has 0 heteroatoms. The Morgan fingerprint density at radius 3 is 2.84 bits per heavy atom. The molecule has 0 N–H and O–H groups in total. The van der Waals surface area contributed by atoms with Crippen molar-refractivity contribution >= 4 is 0 Å². The zero-order chi connectivity index (χ0) is 13.3. The van der Waals surface area contributed by atoms with Gasteiger partial charge < -0.3 is 0 Å². The summed E-state index contributed by atoms with van der Waals surface area (Å²) in [6.45, 7) is 2.47. The maximum Gasteiger partial charge on any atom is -0.0320 e. The van der Waals surface area contributed by atoms with Gasteiger partial charge in [-0.25, -0.2) is 0 Å². The summed E-state index contributed by atoms with van der Waals surface area (Å²) in [5, 5.41) is 0. The van der Waals surface area contributed by atoms with Gasteiger partial charge in [-0.3, -0.25) is 0 Å². The average molecular weight is 260 g/mol. The summed E-state index contributed by atoms with van der Waals surface area (Å²) in [5.41, 5.74) is 1.76. The fourth-order valence-electron chi connectivity index (χ4n) is 3.59. The van der Waals surface area contributed by atoms with Crippen LogP contribution >= 0.6 is 0 Å². The molecule has 0 nitrogen and oxygen atoms in total. The van der Waals surface area contributed by atoms with E-state index in [0.717, 1.165) is 11.8 Å². The second-order valence-electron chi connectivity index (χ2n) is 6.83. The molecule has 2 aliphatic carbocycles. The number of hydrogen-bond acceptors (Lipinski definition) is 0. The van der Waals surface area contributed by atoms with Crippen LogP contribution in [0.1, 0.15) is 84.0 Å². The molecule has 2 unspecified atom stereocenters. The van der Waals surface area contributed by atoms with Crippen LogP contribution in [0.5, 0.6) is 0 Å². The smallest absolute Gasteiger partial charge is 0.0320 e. The molecule has 0 aromatic heterocycles. The van der Waals surface area contributed by atoms with Crippen LogP contribution in [0.4, 0.5) is 0 Å². The first-order chi connectivity index (χ1) is 9.34. The highest BCUT2D eigenvalue weighted by atomic mass is 14.2. The third kappa shape index (κ3) is 5.97. The van der Waals surface area contributed by atoms with Crippen molar-refractivity contribution in [1.29, 1.82) is 0 Å². The summed E-state index contributed by atoms with van der Waals surface area (Å²) in [6, 6.07) is 0. The second kappa shape index (κ2) is 8.61. The van der Waals surface area contributed by atoms with Crippen molar-refractivity contribution < 1.29 is 0 Å². The van der Waals surface area contributed by atoms with Crippen molar-refractivity contribution in [2.45, 2.75) is 84.0 Å². The molecule has 19 heavy (non-hydrogen) atoms. The lowest BCUT2D eigenvalue weighted by Crippen LogP contribution is -2.05. The predicted octanol–water partition coefficient (Wildman–Crippen LogP) is 6.43. The van der Waals surface area contributed by atoms with Gasteiger partial charge in [0.1, 0.15) is 0 Å². The van der Waals surface area contributed by atoms with Crippen LogP contribution in [0.15, 0.2) is 23.8 Å². The zero-order valence-electron chi connectivity index (χ0n) is 12.9. The van der Waals surface area contributed by atoms with E-state index in [1.807, 2.05) is 0 Å². The molecule has 0 saturated heterocycles. The maximum atomic E-state index is 2.52. The summed E-state index contributed by atoms with van der Waals surface area (Å²) in [4.78, 5) is 0. The van der Waals surface area contributed by atoms with E-state index in [1.54, 1.807) is 5.57 Å². The molecule has 108 valence electrons. The number of rotatable bonds is 7. The van der Waals surface area contributed by atoms with Crippen LogP contribution in [0.2, 0.25) is 0 Å². The maximum absolute atomic E-state index is 2.52. The minimum absolute atomic E-state index is 0.940. The van der Waals surface area contributed by atoms with Gasteiger partial charge in [-0.2, -0.15) is 0 Å². The van der Waals surface area contributed by atoms with E-state index < -0.39 is 0 Å². The Morgan fingerprint density at radius 2 is 2.11 bits per heavy atom. The normalized spacial score (nSPS) is 25.1. The zero-order valence-corrected chi connectivity index (χ0v) is 12.9. The molecule has 0 amide bonds. The van der Waals surface area contributed by atoms with E-state index in [4.69, 9.17) is 0 Å². The molecule has 2 aliphatic rings. The van der Waals surface area contributed by atoms with Gasteiger partial charge in [0.15, 0.2) is 0 Å². The highest BCUT2D eigenvalue weighted by Crippen LogP contribution is 2.27. The van der Waals surface area contributed by atoms with Gasteiger partial charge >= 0.3 is 0 Å². The monoisotopic (exact) mass is 260 g/mol. The van der Waals surface area contributed by atoms with Crippen molar-refractivity contribution in [1.82, 2.24) is 0 Å². The number of hydrogen-bond donors (Lipinski definition) is 0. The molecule has 2 atom stereocenters. The molecule has 0 aromatic rings. The molecule has 0 fully saturated rings. The predicted molar refractivity (Wildman–Crippen MR) is 85.3 cm³/mol. The van der Waals surface area contributed by atoms with Crippen molar-refractivity contribution in [3.63, 3.8) is 0 Å². The van der Waals surface area contributed by atoms with Gasteiger partial charge in [0.05, 0.1) is 0 Å². The van der Waals surface area contributed by atoms with E-state index in [0.29, 0.717) is 0 Å². The van der Waals surface area contributed by atoms with Crippen LogP contribution < -0.4 is 0 Å². The van der Waals surface area contributed by atoms with E-state index in [-0.39, 0.29) is 0 Å². The molecular weight excluding hydrogens is 228 g/mol. The molecule has 2 rings (SSSR count). The van der Waals surface area contributed by atoms with E-state index >= 15 is 0 Å². The SMILES string of the molecule is CC(CCCC1=CCCCC1)CCC1CC=CCC1. The first-order valence-electron chi connectivity index (χ1n) is 8.67. The van der Waals surface area contributed by atoms with Gasteiger partial charge in [-0.1, -0.05) is 43.6 Å². The lowest BCUT2D eigenvalue weighted by atomic mass is 9.86. The lowest BCUT2D eigenvalue weighted by molar-refractivity contribution is 0.369. The fraction of sp³-hybridized carbons (Fsp3) is 0.789. The average Bonchev–Trinajstić information content (AvgIpc) is 2.47. The molecule has 0 bridgehead atoms. The Balaban J connectivity index is 1.52. The van der Waals surface area contributed by atoms with E-state index in [9.17, 15) is 0 Å². The number of allylic oxidation sites excluding steroid dienone is 4. The second-order valence-corrected chi connectivity index (χ2v) is 6.83.